The highest BCUT2D eigenvalue weighted by Gasteiger charge is 2.33. The van der Waals surface area contributed by atoms with Crippen LogP contribution in [0.4, 0.5) is 5.69 Å². The van der Waals surface area contributed by atoms with Crippen LogP contribution in [0.15, 0.2) is 52.9 Å². The number of nitrogens with zero attached hydrogens (tertiary/aromatic N) is 3. The number of Topliss-reactive ketones (excluding diaryl/α,β-unsaturated/α-hetero) is 1. The van der Waals surface area contributed by atoms with Crippen LogP contribution in [-0.4, -0.2) is 46.4 Å². The second-order valence-corrected chi connectivity index (χ2v) is 9.52. The van der Waals surface area contributed by atoms with Crippen molar-refractivity contribution in [2.45, 2.75) is 52.1 Å². The van der Waals surface area contributed by atoms with Crippen LogP contribution in [0, 0.1) is 12.8 Å². The third-order valence-corrected chi connectivity index (χ3v) is 6.27. The van der Waals surface area contributed by atoms with Crippen molar-refractivity contribution >= 4 is 23.3 Å². The summed E-state index contributed by atoms with van der Waals surface area (Å²) in [6.45, 7) is 5.38. The Morgan fingerprint density at radius 1 is 1.17 bits per heavy atom. The lowest BCUT2D eigenvalue weighted by atomic mass is 9.99. The highest BCUT2D eigenvalue weighted by Crippen LogP contribution is 2.26. The van der Waals surface area contributed by atoms with Gasteiger partial charge in [0.05, 0.1) is 18.5 Å². The summed E-state index contributed by atoms with van der Waals surface area (Å²) in [5.74, 6) is -1.35. The molecular weight excluding hydrogens is 458 g/mol. The normalized spacial score (nSPS) is 16.4. The average molecular weight is 490 g/mol. The van der Waals surface area contributed by atoms with Crippen LogP contribution in [0.5, 0.6) is 0 Å². The maximum Gasteiger partial charge on any atom is 0.286 e. The molecule has 9 nitrogen and oxygen atoms in total. The zero-order valence-corrected chi connectivity index (χ0v) is 20.7. The molecule has 1 aromatic heterocycles. The van der Waals surface area contributed by atoms with Crippen molar-refractivity contribution < 1.29 is 18.8 Å². The fourth-order valence-corrected chi connectivity index (χ4v) is 4.35. The van der Waals surface area contributed by atoms with Crippen LogP contribution >= 0.6 is 0 Å². The molecule has 9 heteroatoms. The van der Waals surface area contributed by atoms with Crippen LogP contribution in [0.2, 0.25) is 0 Å². The third-order valence-electron chi connectivity index (χ3n) is 6.27. The summed E-state index contributed by atoms with van der Waals surface area (Å²) >= 11 is 0. The molecule has 36 heavy (non-hydrogen) atoms. The summed E-state index contributed by atoms with van der Waals surface area (Å²) in [5, 5.41) is 10.7. The lowest BCUT2D eigenvalue weighted by Gasteiger charge is -2.26. The Labute approximate surface area is 210 Å². The molecule has 3 aromatic rings. The molecule has 0 aliphatic carbocycles. The predicted octanol–water partition coefficient (Wildman–Crippen LogP) is 2.60. The number of nitrogens with two attached hydrogens (primary N) is 1. The van der Waals surface area contributed by atoms with Gasteiger partial charge in [0.15, 0.2) is 0 Å². The maximum atomic E-state index is 13.2. The van der Waals surface area contributed by atoms with Gasteiger partial charge < -0.3 is 20.4 Å². The minimum atomic E-state index is -0.893. The molecule has 1 aliphatic rings. The molecule has 188 valence electrons. The number of fused-ring (bicyclic) bond motifs is 1. The lowest BCUT2D eigenvalue weighted by molar-refractivity contribution is -0.124. The van der Waals surface area contributed by atoms with E-state index in [4.69, 9.17) is 10.2 Å². The number of ketones is 1. The Bertz CT molecular complexity index is 1270. The van der Waals surface area contributed by atoms with Crippen molar-refractivity contribution in [1.29, 1.82) is 0 Å². The van der Waals surface area contributed by atoms with Gasteiger partial charge in [-0.2, -0.15) is 0 Å². The first-order chi connectivity index (χ1) is 17.2. The Kier molecular flexibility index (Phi) is 7.59. The van der Waals surface area contributed by atoms with E-state index in [1.807, 2.05) is 63.2 Å². The fourth-order valence-electron chi connectivity index (χ4n) is 4.35. The van der Waals surface area contributed by atoms with E-state index in [9.17, 15) is 14.4 Å². The fraction of sp³-hybridized carbons (Fsp3) is 0.370. The van der Waals surface area contributed by atoms with Gasteiger partial charge in [0.25, 0.3) is 5.89 Å². The van der Waals surface area contributed by atoms with Gasteiger partial charge in [0.2, 0.25) is 23.5 Å². The minimum Gasteiger partial charge on any atom is -0.418 e. The van der Waals surface area contributed by atoms with Gasteiger partial charge in [0, 0.05) is 5.69 Å². The van der Waals surface area contributed by atoms with Gasteiger partial charge in [0.1, 0.15) is 6.54 Å². The second-order valence-electron chi connectivity index (χ2n) is 9.52. The number of benzene rings is 2. The third kappa shape index (κ3) is 5.68. The molecule has 3 N–H and O–H groups in total. The van der Waals surface area contributed by atoms with Crippen molar-refractivity contribution in [3.05, 3.63) is 77.0 Å². The van der Waals surface area contributed by atoms with E-state index in [1.165, 1.54) is 4.90 Å². The van der Waals surface area contributed by atoms with E-state index in [-0.39, 0.29) is 24.3 Å². The Hall–Kier alpha value is -3.85. The minimum absolute atomic E-state index is 0.158. The number of amides is 2. The molecule has 1 aliphatic heterocycles. The first-order valence-electron chi connectivity index (χ1n) is 12.1. The quantitative estimate of drug-likeness (QED) is 0.465. The van der Waals surface area contributed by atoms with Gasteiger partial charge in [-0.3, -0.25) is 14.4 Å². The molecule has 0 saturated carbocycles. The molecule has 0 bridgehead atoms. The van der Waals surface area contributed by atoms with E-state index in [0.29, 0.717) is 30.8 Å². The molecule has 0 radical (unpaired) electrons. The smallest absolute Gasteiger partial charge is 0.286 e. The van der Waals surface area contributed by atoms with Gasteiger partial charge in [-0.15, -0.1) is 10.2 Å². The summed E-state index contributed by atoms with van der Waals surface area (Å²) in [7, 11) is 0. The predicted molar refractivity (Wildman–Crippen MR) is 134 cm³/mol. The summed E-state index contributed by atoms with van der Waals surface area (Å²) in [4.78, 5) is 40.6. The van der Waals surface area contributed by atoms with Gasteiger partial charge in [-0.05, 0) is 42.9 Å². The number of nitrogens with one attached hydrogen (secondary N) is 1. The van der Waals surface area contributed by atoms with Crippen molar-refractivity contribution in [1.82, 2.24) is 15.5 Å². The maximum absolute atomic E-state index is 13.2. The van der Waals surface area contributed by atoms with Crippen molar-refractivity contribution in [3.63, 3.8) is 0 Å². The number of aryl methyl sites for hydroxylation is 2. The number of anilines is 1. The molecule has 2 heterocycles. The summed E-state index contributed by atoms with van der Waals surface area (Å²) in [5.41, 5.74) is 9.78. The molecule has 2 atom stereocenters. The molecule has 2 amide bonds. The van der Waals surface area contributed by atoms with E-state index in [0.717, 1.165) is 16.7 Å². The monoisotopic (exact) mass is 489 g/mol. The first-order valence-corrected chi connectivity index (χ1v) is 12.1. The highest BCUT2D eigenvalue weighted by atomic mass is 16.4. The number of rotatable bonds is 8. The zero-order valence-electron chi connectivity index (χ0n) is 20.7. The van der Waals surface area contributed by atoms with Crippen LogP contribution in [-0.2, 0) is 22.4 Å². The summed E-state index contributed by atoms with van der Waals surface area (Å²) in [6, 6.07) is 13.7. The molecule has 0 fully saturated rings. The standard InChI is InChI=1S/C27H31N5O4/c1-16(2)24(25(34)26-31-30-23(36-26)14-18-8-6-7-17(3)13-18)29-22(33)15-32-21-10-5-4-9-19(21)11-12-20(28)27(32)35/h4-10,13,16,20,24H,11-12,14-15,28H2,1-3H3,(H,29,33). The van der Waals surface area contributed by atoms with E-state index in [2.05, 4.69) is 15.5 Å². The van der Waals surface area contributed by atoms with E-state index >= 15 is 0 Å². The number of carbonyl (C=O) groups is 3. The summed E-state index contributed by atoms with van der Waals surface area (Å²) in [6.07, 6.45) is 1.55. The van der Waals surface area contributed by atoms with Crippen LogP contribution < -0.4 is 16.0 Å². The van der Waals surface area contributed by atoms with Crippen LogP contribution in [0.3, 0.4) is 0 Å². The molecule has 0 saturated heterocycles. The second kappa shape index (κ2) is 10.8. The van der Waals surface area contributed by atoms with E-state index in [1.54, 1.807) is 6.07 Å². The van der Waals surface area contributed by atoms with Crippen molar-refractivity contribution in [3.8, 4) is 0 Å². The van der Waals surface area contributed by atoms with Gasteiger partial charge in [-0.25, -0.2) is 0 Å². The number of hydrogen-bond acceptors (Lipinski definition) is 7. The molecular formula is C27H31N5O4. The SMILES string of the molecule is Cc1cccc(Cc2nnc(C(=O)C(NC(=O)CN3C(=O)C(N)CCc4ccccc43)C(C)C)o2)c1. The number of hydrogen-bond donors (Lipinski definition) is 2. The Morgan fingerprint density at radius 2 is 1.94 bits per heavy atom. The summed E-state index contributed by atoms with van der Waals surface area (Å²) < 4.78 is 5.64. The lowest BCUT2D eigenvalue weighted by Crippen LogP contribution is -2.51. The number of para-hydroxylation sites is 1. The molecule has 4 rings (SSSR count). The molecule has 2 unspecified atom stereocenters. The topological polar surface area (TPSA) is 131 Å². The first kappa shape index (κ1) is 25.2. The van der Waals surface area contributed by atoms with Gasteiger partial charge in [-0.1, -0.05) is 61.9 Å². The Balaban J connectivity index is 1.47. The number of aromatic nitrogens is 2. The van der Waals surface area contributed by atoms with Crippen LogP contribution in [0.1, 0.15) is 53.5 Å². The molecule has 2 aromatic carbocycles. The van der Waals surface area contributed by atoms with Gasteiger partial charge >= 0.3 is 0 Å². The van der Waals surface area contributed by atoms with E-state index < -0.39 is 23.8 Å². The average Bonchev–Trinajstić information content (AvgIpc) is 3.28. The largest absolute Gasteiger partial charge is 0.418 e. The molecule has 0 spiro atoms. The van der Waals surface area contributed by atoms with Crippen molar-refractivity contribution in [2.75, 3.05) is 11.4 Å². The Morgan fingerprint density at radius 3 is 2.69 bits per heavy atom. The highest BCUT2D eigenvalue weighted by molar-refractivity contribution is 6.04. The zero-order chi connectivity index (χ0) is 25.8. The van der Waals surface area contributed by atoms with Crippen LogP contribution in [0.25, 0.3) is 0 Å². The van der Waals surface area contributed by atoms with Crippen molar-refractivity contribution in [2.24, 2.45) is 11.7 Å². The number of carbonyl (C=O) groups excluding carboxylic acids is 3.